The zero-order chi connectivity index (χ0) is 12.3. The fourth-order valence-corrected chi connectivity index (χ4v) is 2.41. The molecule has 1 unspecified atom stereocenters. The van der Waals surface area contributed by atoms with Crippen LogP contribution < -0.4 is 0 Å². The van der Waals surface area contributed by atoms with Crippen molar-refractivity contribution in [1.29, 1.82) is 5.26 Å². The molecule has 0 aliphatic heterocycles. The molecule has 1 rings (SSSR count). The molecule has 1 aliphatic rings. The molecule has 3 heteroatoms. The number of hydrogen-bond acceptors (Lipinski definition) is 3. The van der Waals surface area contributed by atoms with E-state index in [0.717, 1.165) is 25.0 Å². The lowest BCUT2D eigenvalue weighted by Crippen LogP contribution is -2.08. The van der Waals surface area contributed by atoms with Gasteiger partial charge in [-0.1, -0.05) is 43.7 Å². The highest BCUT2D eigenvalue weighted by molar-refractivity contribution is 5.84. The summed E-state index contributed by atoms with van der Waals surface area (Å²) in [5.74, 6) is 0.128. The lowest BCUT2D eigenvalue weighted by molar-refractivity contribution is 0.211. The van der Waals surface area contributed by atoms with Gasteiger partial charge in [0, 0.05) is 6.42 Å². The summed E-state index contributed by atoms with van der Waals surface area (Å²) in [5.41, 5.74) is 1.07. The SMILES string of the molecule is CON=C1CCCCCCCCCC(C#N)C1. The third-order valence-corrected chi connectivity index (χ3v) is 3.40. The average molecular weight is 236 g/mol. The van der Waals surface area contributed by atoms with Crippen molar-refractivity contribution in [3.63, 3.8) is 0 Å². The van der Waals surface area contributed by atoms with Gasteiger partial charge in [0.2, 0.25) is 0 Å². The van der Waals surface area contributed by atoms with E-state index in [-0.39, 0.29) is 5.92 Å². The maximum atomic E-state index is 9.14. The van der Waals surface area contributed by atoms with Crippen LogP contribution in [-0.4, -0.2) is 12.8 Å². The molecule has 0 spiro atoms. The molecule has 0 bridgehead atoms. The fraction of sp³-hybridized carbons (Fsp3) is 0.857. The van der Waals surface area contributed by atoms with Crippen LogP contribution in [0.15, 0.2) is 5.16 Å². The van der Waals surface area contributed by atoms with Gasteiger partial charge in [-0.25, -0.2) is 0 Å². The van der Waals surface area contributed by atoms with Crippen molar-refractivity contribution in [3.05, 3.63) is 0 Å². The maximum absolute atomic E-state index is 9.14. The summed E-state index contributed by atoms with van der Waals surface area (Å²) in [7, 11) is 1.59. The van der Waals surface area contributed by atoms with E-state index in [4.69, 9.17) is 10.1 Å². The van der Waals surface area contributed by atoms with Gasteiger partial charge in [-0.15, -0.1) is 0 Å². The van der Waals surface area contributed by atoms with Crippen LogP contribution in [0.4, 0.5) is 0 Å². The Morgan fingerprint density at radius 1 is 1.12 bits per heavy atom. The topological polar surface area (TPSA) is 45.4 Å². The molecule has 0 heterocycles. The Balaban J connectivity index is 2.52. The van der Waals surface area contributed by atoms with E-state index in [0.29, 0.717) is 0 Å². The van der Waals surface area contributed by atoms with Gasteiger partial charge in [-0.3, -0.25) is 0 Å². The Labute approximate surface area is 105 Å². The monoisotopic (exact) mass is 236 g/mol. The maximum Gasteiger partial charge on any atom is 0.106 e. The third-order valence-electron chi connectivity index (χ3n) is 3.40. The minimum atomic E-state index is 0.128. The van der Waals surface area contributed by atoms with E-state index in [1.165, 1.54) is 44.9 Å². The summed E-state index contributed by atoms with van der Waals surface area (Å²) >= 11 is 0. The van der Waals surface area contributed by atoms with Crippen molar-refractivity contribution in [3.8, 4) is 6.07 Å². The van der Waals surface area contributed by atoms with Crippen LogP contribution in [0, 0.1) is 17.2 Å². The van der Waals surface area contributed by atoms with Gasteiger partial charge >= 0.3 is 0 Å². The Morgan fingerprint density at radius 2 is 1.76 bits per heavy atom. The number of hydrogen-bond donors (Lipinski definition) is 0. The first kappa shape index (κ1) is 14.0. The third kappa shape index (κ3) is 6.31. The molecule has 0 aromatic carbocycles. The van der Waals surface area contributed by atoms with E-state index in [1.54, 1.807) is 7.11 Å². The van der Waals surface area contributed by atoms with E-state index in [2.05, 4.69) is 11.2 Å². The van der Waals surface area contributed by atoms with Crippen molar-refractivity contribution in [1.82, 2.24) is 0 Å². The summed E-state index contributed by atoms with van der Waals surface area (Å²) < 4.78 is 0. The molecule has 0 N–H and O–H groups in total. The van der Waals surface area contributed by atoms with Crippen LogP contribution >= 0.6 is 0 Å². The highest BCUT2D eigenvalue weighted by atomic mass is 16.6. The molecule has 1 aliphatic carbocycles. The van der Waals surface area contributed by atoms with Crippen molar-refractivity contribution in [2.45, 2.75) is 64.2 Å². The Kier molecular flexibility index (Phi) is 7.46. The second-order valence-corrected chi connectivity index (χ2v) is 4.88. The number of nitrogens with zero attached hydrogens (tertiary/aromatic N) is 2. The van der Waals surface area contributed by atoms with Crippen LogP contribution in [0.1, 0.15) is 64.2 Å². The highest BCUT2D eigenvalue weighted by Gasteiger charge is 2.13. The Morgan fingerprint density at radius 3 is 2.41 bits per heavy atom. The van der Waals surface area contributed by atoms with Crippen molar-refractivity contribution >= 4 is 5.71 Å². The summed E-state index contributed by atoms with van der Waals surface area (Å²) in [4.78, 5) is 4.88. The molecule has 0 saturated heterocycles. The number of oxime groups is 1. The van der Waals surface area contributed by atoms with E-state index in [9.17, 15) is 0 Å². The first-order valence-electron chi connectivity index (χ1n) is 6.85. The van der Waals surface area contributed by atoms with E-state index < -0.39 is 0 Å². The molecule has 96 valence electrons. The number of rotatable bonds is 1. The average Bonchev–Trinajstić information content (AvgIpc) is 2.32. The minimum Gasteiger partial charge on any atom is -0.399 e. The van der Waals surface area contributed by atoms with Gasteiger partial charge in [0.25, 0.3) is 0 Å². The first-order valence-corrected chi connectivity index (χ1v) is 6.85. The largest absolute Gasteiger partial charge is 0.399 e. The quantitative estimate of drug-likeness (QED) is 0.645. The Hall–Kier alpha value is -1.04. The smallest absolute Gasteiger partial charge is 0.106 e. The zero-order valence-corrected chi connectivity index (χ0v) is 11.0. The van der Waals surface area contributed by atoms with E-state index in [1.807, 2.05) is 0 Å². The standard InChI is InChI=1S/C14H24N2O/c1-17-16-14-10-8-6-4-2-3-5-7-9-13(11-14)12-15/h13H,2-11H2,1H3. The molecule has 17 heavy (non-hydrogen) atoms. The minimum absolute atomic E-state index is 0.128. The molecule has 1 atom stereocenters. The lowest BCUT2D eigenvalue weighted by Gasteiger charge is -2.12. The summed E-state index contributed by atoms with van der Waals surface area (Å²) in [6.07, 6.45) is 11.7. The van der Waals surface area contributed by atoms with Gasteiger partial charge in [-0.05, 0) is 19.3 Å². The predicted molar refractivity (Wildman–Crippen MR) is 69.7 cm³/mol. The summed E-state index contributed by atoms with van der Waals surface area (Å²) in [6.45, 7) is 0. The van der Waals surface area contributed by atoms with Crippen LogP contribution in [-0.2, 0) is 4.84 Å². The van der Waals surface area contributed by atoms with Crippen LogP contribution in [0.25, 0.3) is 0 Å². The van der Waals surface area contributed by atoms with Crippen molar-refractivity contribution < 1.29 is 4.84 Å². The summed E-state index contributed by atoms with van der Waals surface area (Å²) in [5, 5.41) is 13.2. The van der Waals surface area contributed by atoms with Crippen molar-refractivity contribution in [2.75, 3.05) is 7.11 Å². The molecule has 3 nitrogen and oxygen atoms in total. The fourth-order valence-electron chi connectivity index (χ4n) is 2.41. The molecule has 0 amide bonds. The molecular weight excluding hydrogens is 212 g/mol. The number of nitriles is 1. The Bertz CT molecular complexity index is 268. The molecule has 1 fully saturated rings. The van der Waals surface area contributed by atoms with Gasteiger partial charge in [0.1, 0.15) is 7.11 Å². The van der Waals surface area contributed by atoms with Crippen LogP contribution in [0.5, 0.6) is 0 Å². The van der Waals surface area contributed by atoms with Gasteiger partial charge in [-0.2, -0.15) is 5.26 Å². The second kappa shape index (κ2) is 9.04. The van der Waals surface area contributed by atoms with Gasteiger partial charge in [0.05, 0.1) is 17.7 Å². The molecule has 0 aromatic rings. The van der Waals surface area contributed by atoms with Gasteiger partial charge < -0.3 is 4.84 Å². The molecule has 0 radical (unpaired) electrons. The lowest BCUT2D eigenvalue weighted by atomic mass is 9.93. The molecular formula is C14H24N2O. The van der Waals surface area contributed by atoms with Gasteiger partial charge in [0.15, 0.2) is 0 Å². The molecule has 1 saturated carbocycles. The zero-order valence-electron chi connectivity index (χ0n) is 11.0. The molecule has 0 aromatic heterocycles. The predicted octanol–water partition coefficient (Wildman–Crippen LogP) is 4.04. The first-order chi connectivity index (χ1) is 8.36. The second-order valence-electron chi connectivity index (χ2n) is 4.88. The normalized spacial score (nSPS) is 26.6. The van der Waals surface area contributed by atoms with Crippen molar-refractivity contribution in [2.24, 2.45) is 11.1 Å². The summed E-state index contributed by atoms with van der Waals surface area (Å²) in [6, 6.07) is 2.41. The van der Waals surface area contributed by atoms with Crippen LogP contribution in [0.2, 0.25) is 0 Å². The van der Waals surface area contributed by atoms with Crippen LogP contribution in [0.3, 0.4) is 0 Å². The highest BCUT2D eigenvalue weighted by Crippen LogP contribution is 2.19. The van der Waals surface area contributed by atoms with E-state index >= 15 is 0 Å².